The van der Waals surface area contributed by atoms with Gasteiger partial charge in [0, 0.05) is 11.8 Å². The maximum absolute atomic E-state index is 11.3. The van der Waals surface area contributed by atoms with E-state index in [1.165, 1.54) is 22.7 Å². The first-order valence-corrected chi connectivity index (χ1v) is 5.73. The van der Waals surface area contributed by atoms with Crippen LogP contribution >= 0.6 is 0 Å². The molecule has 0 aliphatic heterocycles. The van der Waals surface area contributed by atoms with Gasteiger partial charge in [0.25, 0.3) is 0 Å². The molecule has 0 amide bonds. The van der Waals surface area contributed by atoms with E-state index < -0.39 is 5.97 Å². The van der Waals surface area contributed by atoms with Crippen LogP contribution in [-0.2, 0) is 0 Å². The zero-order chi connectivity index (χ0) is 14.3. The van der Waals surface area contributed by atoms with Gasteiger partial charge in [-0.1, -0.05) is 12.1 Å². The Morgan fingerprint density at radius 3 is 2.75 bits per heavy atom. The summed E-state index contributed by atoms with van der Waals surface area (Å²) in [5.41, 5.74) is 6.93. The second kappa shape index (κ2) is 4.23. The molecule has 0 radical (unpaired) electrons. The van der Waals surface area contributed by atoms with Crippen LogP contribution < -0.4 is 5.73 Å². The SMILES string of the molecule is Nc1nc2c(C(=O)O)cc(-c3cccc(O)c3)cn2n1. The summed E-state index contributed by atoms with van der Waals surface area (Å²) >= 11 is 0. The standard InChI is InChI=1S/C13H10N4O3/c14-13-15-11-10(12(19)20)5-8(6-17(11)16-13)7-2-1-3-9(18)4-7/h1-6,18H,(H2,14,16)(H,19,20). The molecule has 100 valence electrons. The molecule has 0 aliphatic carbocycles. The van der Waals surface area contributed by atoms with E-state index in [0.29, 0.717) is 11.1 Å². The largest absolute Gasteiger partial charge is 0.508 e. The lowest BCUT2D eigenvalue weighted by Crippen LogP contribution is -2.02. The van der Waals surface area contributed by atoms with Gasteiger partial charge in [0.2, 0.25) is 5.95 Å². The Hall–Kier alpha value is -3.09. The Balaban J connectivity index is 2.29. The molecule has 2 heterocycles. The van der Waals surface area contributed by atoms with Crippen LogP contribution in [-0.4, -0.2) is 30.8 Å². The summed E-state index contributed by atoms with van der Waals surface area (Å²) in [5, 5.41) is 22.7. The van der Waals surface area contributed by atoms with Gasteiger partial charge in [-0.2, -0.15) is 4.98 Å². The van der Waals surface area contributed by atoms with Gasteiger partial charge in [0.15, 0.2) is 5.65 Å². The zero-order valence-corrected chi connectivity index (χ0v) is 10.2. The number of nitrogen functional groups attached to an aromatic ring is 1. The summed E-state index contributed by atoms with van der Waals surface area (Å²) < 4.78 is 1.32. The third-order valence-corrected chi connectivity index (χ3v) is 2.86. The van der Waals surface area contributed by atoms with Crippen molar-refractivity contribution < 1.29 is 15.0 Å². The number of aromatic carboxylic acids is 1. The minimum absolute atomic E-state index is 0.000518. The van der Waals surface area contributed by atoms with Crippen molar-refractivity contribution in [3.05, 3.63) is 42.1 Å². The number of nitrogens with two attached hydrogens (primary N) is 1. The molecule has 20 heavy (non-hydrogen) atoms. The first-order chi connectivity index (χ1) is 9.54. The van der Waals surface area contributed by atoms with Crippen LogP contribution in [0.2, 0.25) is 0 Å². The highest BCUT2D eigenvalue weighted by atomic mass is 16.4. The summed E-state index contributed by atoms with van der Waals surface area (Å²) in [5.74, 6) is -1.03. The minimum atomic E-state index is -1.12. The number of nitrogens with zero attached hydrogens (tertiary/aromatic N) is 3. The molecule has 0 bridgehead atoms. The van der Waals surface area contributed by atoms with Crippen LogP contribution in [0, 0.1) is 0 Å². The topological polar surface area (TPSA) is 114 Å². The maximum Gasteiger partial charge on any atom is 0.339 e. The molecule has 0 saturated carbocycles. The monoisotopic (exact) mass is 270 g/mol. The van der Waals surface area contributed by atoms with Crippen LogP contribution in [0.4, 0.5) is 5.95 Å². The molecule has 0 spiro atoms. The number of anilines is 1. The second-order valence-electron chi connectivity index (χ2n) is 4.24. The maximum atomic E-state index is 11.3. The number of rotatable bonds is 2. The van der Waals surface area contributed by atoms with E-state index in [1.54, 1.807) is 18.3 Å². The number of fused-ring (bicyclic) bond motifs is 1. The fourth-order valence-corrected chi connectivity index (χ4v) is 2.00. The lowest BCUT2D eigenvalue weighted by molar-refractivity contribution is 0.0698. The third-order valence-electron chi connectivity index (χ3n) is 2.86. The molecule has 3 rings (SSSR count). The fourth-order valence-electron chi connectivity index (χ4n) is 2.00. The van der Waals surface area contributed by atoms with Crippen molar-refractivity contribution in [2.45, 2.75) is 0 Å². The summed E-state index contributed by atoms with van der Waals surface area (Å²) in [4.78, 5) is 15.2. The minimum Gasteiger partial charge on any atom is -0.508 e. The lowest BCUT2D eigenvalue weighted by atomic mass is 10.1. The number of benzene rings is 1. The quantitative estimate of drug-likeness (QED) is 0.648. The van der Waals surface area contributed by atoms with Crippen LogP contribution in [0.5, 0.6) is 5.75 Å². The van der Waals surface area contributed by atoms with Gasteiger partial charge in [-0.15, -0.1) is 5.10 Å². The number of phenolic OH excluding ortho intramolecular Hbond substituents is 1. The van der Waals surface area contributed by atoms with E-state index in [9.17, 15) is 15.0 Å². The molecule has 0 saturated heterocycles. The Morgan fingerprint density at radius 2 is 2.05 bits per heavy atom. The van der Waals surface area contributed by atoms with Crippen molar-refractivity contribution in [2.24, 2.45) is 0 Å². The van der Waals surface area contributed by atoms with Gasteiger partial charge in [-0.3, -0.25) is 0 Å². The first kappa shape index (κ1) is 12.0. The number of carboxylic acids is 1. The first-order valence-electron chi connectivity index (χ1n) is 5.73. The fraction of sp³-hybridized carbons (Fsp3) is 0. The Morgan fingerprint density at radius 1 is 1.25 bits per heavy atom. The second-order valence-corrected chi connectivity index (χ2v) is 4.24. The van der Waals surface area contributed by atoms with Gasteiger partial charge in [-0.05, 0) is 23.8 Å². The number of aromatic nitrogens is 3. The summed E-state index contributed by atoms with van der Waals surface area (Å²) in [6.07, 6.45) is 1.61. The molecule has 4 N–H and O–H groups in total. The number of phenols is 1. The number of carboxylic acid groups (broad SMARTS) is 1. The molecule has 1 aromatic carbocycles. The third kappa shape index (κ3) is 1.91. The summed E-state index contributed by atoms with van der Waals surface area (Å²) in [6.45, 7) is 0. The van der Waals surface area contributed by atoms with E-state index in [4.69, 9.17) is 5.73 Å². The Kier molecular flexibility index (Phi) is 2.53. The van der Waals surface area contributed by atoms with Gasteiger partial charge < -0.3 is 15.9 Å². The number of hydrogen-bond donors (Lipinski definition) is 3. The highest BCUT2D eigenvalue weighted by Crippen LogP contribution is 2.25. The van der Waals surface area contributed by atoms with Crippen LogP contribution in [0.3, 0.4) is 0 Å². The van der Waals surface area contributed by atoms with E-state index in [-0.39, 0.29) is 22.9 Å². The van der Waals surface area contributed by atoms with E-state index >= 15 is 0 Å². The number of aromatic hydroxyl groups is 1. The summed E-state index contributed by atoms with van der Waals surface area (Å²) in [7, 11) is 0. The Bertz CT molecular complexity index is 826. The predicted octanol–water partition coefficient (Wildman–Crippen LogP) is 1.38. The highest BCUT2D eigenvalue weighted by molar-refractivity contribution is 5.96. The van der Waals surface area contributed by atoms with Gasteiger partial charge in [-0.25, -0.2) is 9.31 Å². The van der Waals surface area contributed by atoms with Crippen molar-refractivity contribution in [2.75, 3.05) is 5.73 Å². The van der Waals surface area contributed by atoms with Gasteiger partial charge in [0.1, 0.15) is 11.3 Å². The number of carbonyl (C=O) groups is 1. The molecule has 7 heteroatoms. The van der Waals surface area contributed by atoms with Crippen molar-refractivity contribution in [1.29, 1.82) is 0 Å². The normalized spacial score (nSPS) is 10.8. The Labute approximate surface area is 112 Å². The average Bonchev–Trinajstić information content (AvgIpc) is 2.77. The smallest absolute Gasteiger partial charge is 0.339 e. The molecule has 0 unspecified atom stereocenters. The molecular formula is C13H10N4O3. The van der Waals surface area contributed by atoms with Crippen molar-refractivity contribution in [1.82, 2.24) is 14.6 Å². The van der Waals surface area contributed by atoms with Gasteiger partial charge >= 0.3 is 5.97 Å². The van der Waals surface area contributed by atoms with Gasteiger partial charge in [0.05, 0.1) is 0 Å². The molecule has 7 nitrogen and oxygen atoms in total. The van der Waals surface area contributed by atoms with Crippen molar-refractivity contribution >= 4 is 17.6 Å². The molecule has 0 aliphatic rings. The van der Waals surface area contributed by atoms with Crippen molar-refractivity contribution in [3.63, 3.8) is 0 Å². The molecule has 0 atom stereocenters. The van der Waals surface area contributed by atoms with E-state index in [1.807, 2.05) is 0 Å². The predicted molar refractivity (Wildman–Crippen MR) is 71.5 cm³/mol. The molecular weight excluding hydrogens is 260 g/mol. The highest BCUT2D eigenvalue weighted by Gasteiger charge is 2.15. The summed E-state index contributed by atoms with van der Waals surface area (Å²) in [6, 6.07) is 7.97. The molecule has 2 aromatic heterocycles. The zero-order valence-electron chi connectivity index (χ0n) is 10.2. The molecule has 0 fully saturated rings. The van der Waals surface area contributed by atoms with Crippen LogP contribution in [0.1, 0.15) is 10.4 Å². The van der Waals surface area contributed by atoms with Crippen molar-refractivity contribution in [3.8, 4) is 16.9 Å². The van der Waals surface area contributed by atoms with E-state index in [0.717, 1.165) is 0 Å². The average molecular weight is 270 g/mol. The van der Waals surface area contributed by atoms with E-state index in [2.05, 4.69) is 10.1 Å². The van der Waals surface area contributed by atoms with Crippen LogP contribution in [0.25, 0.3) is 16.8 Å². The molecule has 3 aromatic rings. The van der Waals surface area contributed by atoms with Crippen LogP contribution in [0.15, 0.2) is 36.5 Å². The number of pyridine rings is 1. The lowest BCUT2D eigenvalue weighted by Gasteiger charge is -2.05. The number of hydrogen-bond acceptors (Lipinski definition) is 5.